The predicted molar refractivity (Wildman–Crippen MR) is 150 cm³/mol. The van der Waals surface area contributed by atoms with Crippen LogP contribution in [0.3, 0.4) is 0 Å². The van der Waals surface area contributed by atoms with E-state index in [2.05, 4.69) is 31.4 Å². The Balaban J connectivity index is 1.40. The minimum Gasteiger partial charge on any atom is -0.495 e. The number of hydrogen-bond donors (Lipinski definition) is 2. The van der Waals surface area contributed by atoms with Crippen LogP contribution in [0.1, 0.15) is 26.6 Å². The highest BCUT2D eigenvalue weighted by Crippen LogP contribution is 2.40. The number of nitrogens with one attached hydrogen (secondary N) is 2. The number of ether oxygens (including phenoxy) is 3. The van der Waals surface area contributed by atoms with Crippen molar-refractivity contribution in [1.29, 1.82) is 0 Å². The molecular formula is C29H22BrN3O6. The highest BCUT2D eigenvalue weighted by molar-refractivity contribution is 9.10. The fourth-order valence-corrected chi connectivity index (χ4v) is 4.62. The number of fused-ring (bicyclic) bond motifs is 1. The molecule has 0 aliphatic heterocycles. The van der Waals surface area contributed by atoms with Gasteiger partial charge in [-0.3, -0.25) is 4.79 Å². The Labute approximate surface area is 231 Å². The zero-order valence-electron chi connectivity index (χ0n) is 20.9. The molecule has 0 bridgehead atoms. The minimum atomic E-state index is -0.650. The van der Waals surface area contributed by atoms with Crippen molar-refractivity contribution in [2.75, 3.05) is 14.2 Å². The predicted octanol–water partition coefficient (Wildman–Crippen LogP) is 6.19. The molecule has 5 aromatic rings. The number of aromatic amines is 1. The summed E-state index contributed by atoms with van der Waals surface area (Å²) in [6, 6.07) is 21.2. The summed E-state index contributed by atoms with van der Waals surface area (Å²) < 4.78 is 22.1. The molecule has 0 fully saturated rings. The Morgan fingerprint density at radius 2 is 1.72 bits per heavy atom. The standard InChI is InChI=1S/C29H22BrN3O6/c1-36-21-13-11-19(30)25-24(18-7-4-3-5-8-18)27(32-26(21)25)28(34)33-31-16-17-10-12-20(23(15-17)37-2)39-29(35)22-9-6-14-38-22/h3-16,32H,1-2H3,(H,33,34). The van der Waals surface area contributed by atoms with Crippen molar-refractivity contribution in [3.63, 3.8) is 0 Å². The topological polar surface area (TPSA) is 115 Å². The average Bonchev–Trinajstić information content (AvgIpc) is 3.64. The van der Waals surface area contributed by atoms with Crippen molar-refractivity contribution in [3.8, 4) is 28.4 Å². The fourth-order valence-electron chi connectivity index (χ4n) is 4.09. The first-order chi connectivity index (χ1) is 19.0. The molecule has 2 heterocycles. The van der Waals surface area contributed by atoms with Crippen LogP contribution in [0.5, 0.6) is 17.2 Å². The molecule has 0 atom stereocenters. The SMILES string of the molecule is COc1cc(C=NNC(=O)c2[nH]c3c(OC)ccc(Br)c3c2-c2ccccc2)ccc1OC(=O)c1ccco1. The highest BCUT2D eigenvalue weighted by atomic mass is 79.9. The number of nitrogens with zero attached hydrogens (tertiary/aromatic N) is 1. The molecule has 2 aromatic heterocycles. The molecule has 0 spiro atoms. The third-order valence-corrected chi connectivity index (χ3v) is 6.53. The largest absolute Gasteiger partial charge is 0.495 e. The van der Waals surface area contributed by atoms with Crippen LogP contribution >= 0.6 is 15.9 Å². The molecule has 0 unspecified atom stereocenters. The van der Waals surface area contributed by atoms with E-state index in [0.29, 0.717) is 33.8 Å². The maximum atomic E-state index is 13.3. The molecule has 0 aliphatic rings. The number of rotatable bonds is 8. The Bertz CT molecular complexity index is 1680. The lowest BCUT2D eigenvalue weighted by Crippen LogP contribution is -2.18. The van der Waals surface area contributed by atoms with Gasteiger partial charge in [-0.2, -0.15) is 5.10 Å². The summed E-state index contributed by atoms with van der Waals surface area (Å²) in [5.74, 6) is 0.109. The van der Waals surface area contributed by atoms with Gasteiger partial charge in [0.05, 0.1) is 32.2 Å². The number of H-pyrrole nitrogens is 1. The number of carbonyl (C=O) groups is 2. The summed E-state index contributed by atoms with van der Waals surface area (Å²) in [4.78, 5) is 28.7. The van der Waals surface area contributed by atoms with Crippen molar-refractivity contribution in [3.05, 3.63) is 101 Å². The Morgan fingerprint density at radius 1 is 0.949 bits per heavy atom. The summed E-state index contributed by atoms with van der Waals surface area (Å²) in [5.41, 5.74) is 5.78. The first kappa shape index (κ1) is 25.8. The van der Waals surface area contributed by atoms with Gasteiger partial charge in [0.1, 0.15) is 11.4 Å². The van der Waals surface area contributed by atoms with Crippen LogP contribution in [-0.4, -0.2) is 37.3 Å². The van der Waals surface area contributed by atoms with E-state index in [9.17, 15) is 9.59 Å². The Morgan fingerprint density at radius 3 is 2.44 bits per heavy atom. The number of aromatic nitrogens is 1. The lowest BCUT2D eigenvalue weighted by atomic mass is 10.0. The number of methoxy groups -OCH3 is 2. The third kappa shape index (κ3) is 5.27. The van der Waals surface area contributed by atoms with Crippen molar-refractivity contribution >= 4 is 44.9 Å². The number of furan rings is 1. The van der Waals surface area contributed by atoms with E-state index < -0.39 is 11.9 Å². The molecule has 9 nitrogen and oxygen atoms in total. The summed E-state index contributed by atoms with van der Waals surface area (Å²) in [5, 5.41) is 4.95. The number of esters is 1. The van der Waals surface area contributed by atoms with Crippen molar-refractivity contribution in [2.24, 2.45) is 5.10 Å². The fraction of sp³-hybridized carbons (Fsp3) is 0.0690. The van der Waals surface area contributed by atoms with Gasteiger partial charge in [0, 0.05) is 15.4 Å². The number of hydrogen-bond acceptors (Lipinski definition) is 7. The summed E-state index contributed by atoms with van der Waals surface area (Å²) in [6.07, 6.45) is 2.84. The van der Waals surface area contributed by atoms with Gasteiger partial charge < -0.3 is 23.6 Å². The van der Waals surface area contributed by atoms with Crippen molar-refractivity contribution in [1.82, 2.24) is 10.4 Å². The van der Waals surface area contributed by atoms with Gasteiger partial charge in [-0.25, -0.2) is 10.2 Å². The van der Waals surface area contributed by atoms with Gasteiger partial charge in [0.15, 0.2) is 11.5 Å². The molecule has 0 aliphatic carbocycles. The second-order valence-electron chi connectivity index (χ2n) is 8.22. The van der Waals surface area contributed by atoms with Gasteiger partial charge >= 0.3 is 5.97 Å². The molecule has 0 saturated carbocycles. The number of halogens is 1. The van der Waals surface area contributed by atoms with Crippen LogP contribution in [0.2, 0.25) is 0 Å². The zero-order valence-corrected chi connectivity index (χ0v) is 22.4. The first-order valence-electron chi connectivity index (χ1n) is 11.7. The van der Waals surface area contributed by atoms with Gasteiger partial charge in [-0.05, 0) is 53.6 Å². The van der Waals surface area contributed by atoms with E-state index in [4.69, 9.17) is 18.6 Å². The van der Waals surface area contributed by atoms with E-state index in [1.165, 1.54) is 25.7 Å². The van der Waals surface area contributed by atoms with Crippen LogP contribution in [0.15, 0.2) is 93.1 Å². The van der Waals surface area contributed by atoms with Crippen LogP contribution in [-0.2, 0) is 0 Å². The monoisotopic (exact) mass is 587 g/mol. The number of hydrazone groups is 1. The van der Waals surface area contributed by atoms with Crippen molar-refractivity contribution < 1.29 is 28.2 Å². The molecule has 3 aromatic carbocycles. The number of benzene rings is 3. The summed E-state index contributed by atoms with van der Waals surface area (Å²) in [7, 11) is 3.03. The van der Waals surface area contributed by atoms with Crippen LogP contribution in [0, 0.1) is 0 Å². The van der Waals surface area contributed by atoms with E-state index >= 15 is 0 Å². The van der Waals surface area contributed by atoms with E-state index in [1.807, 2.05) is 42.5 Å². The van der Waals surface area contributed by atoms with Crippen LogP contribution in [0.4, 0.5) is 0 Å². The highest BCUT2D eigenvalue weighted by Gasteiger charge is 2.23. The van der Waals surface area contributed by atoms with Crippen molar-refractivity contribution in [2.45, 2.75) is 0 Å². The van der Waals surface area contributed by atoms with Gasteiger partial charge in [0.2, 0.25) is 5.76 Å². The van der Waals surface area contributed by atoms with Crippen LogP contribution in [0.25, 0.3) is 22.0 Å². The average molecular weight is 588 g/mol. The molecule has 39 heavy (non-hydrogen) atoms. The Hall–Kier alpha value is -4.83. The van der Waals surface area contributed by atoms with E-state index in [1.54, 1.807) is 31.4 Å². The Kier molecular flexibility index (Phi) is 7.46. The smallest absolute Gasteiger partial charge is 0.379 e. The summed E-state index contributed by atoms with van der Waals surface area (Å²) in [6.45, 7) is 0. The maximum Gasteiger partial charge on any atom is 0.379 e. The number of carbonyl (C=O) groups excluding carboxylic acids is 2. The maximum absolute atomic E-state index is 13.3. The minimum absolute atomic E-state index is 0.0712. The normalized spacial score (nSPS) is 11.1. The molecule has 5 rings (SSSR count). The lowest BCUT2D eigenvalue weighted by molar-refractivity contribution is 0.0696. The van der Waals surface area contributed by atoms with E-state index in [0.717, 1.165) is 15.4 Å². The quantitative estimate of drug-likeness (QED) is 0.0967. The second kappa shape index (κ2) is 11.3. The molecule has 196 valence electrons. The molecule has 0 radical (unpaired) electrons. The number of amides is 1. The summed E-state index contributed by atoms with van der Waals surface area (Å²) >= 11 is 3.61. The third-order valence-electron chi connectivity index (χ3n) is 5.87. The zero-order chi connectivity index (χ0) is 27.4. The van der Waals surface area contributed by atoms with Gasteiger partial charge in [-0.1, -0.05) is 46.3 Å². The molecule has 0 saturated heterocycles. The lowest BCUT2D eigenvalue weighted by Gasteiger charge is -2.09. The van der Waals surface area contributed by atoms with E-state index in [-0.39, 0.29) is 11.5 Å². The molecular weight excluding hydrogens is 566 g/mol. The first-order valence-corrected chi connectivity index (χ1v) is 12.5. The van der Waals surface area contributed by atoms with Gasteiger partial charge in [0.25, 0.3) is 5.91 Å². The van der Waals surface area contributed by atoms with Crippen LogP contribution < -0.4 is 19.6 Å². The second-order valence-corrected chi connectivity index (χ2v) is 9.07. The molecule has 2 N–H and O–H groups in total. The molecule has 1 amide bonds. The molecule has 10 heteroatoms. The van der Waals surface area contributed by atoms with Gasteiger partial charge in [-0.15, -0.1) is 0 Å².